The number of hydrogen-bond donors (Lipinski definition) is 0. The standard InChI is InChI=1S/C22H22ClFO2/c1-2-3-4-17-14-25-22(26-15-17)12-7-16-5-8-18(9-6-16)19-10-11-20(23)21(24)13-19/h5-6,8-11,13,17,22H,2-4,14-15H2,1H3/t17-,22-. The molecule has 1 aliphatic heterocycles. The van der Waals surface area contributed by atoms with Crippen molar-refractivity contribution in [1.29, 1.82) is 0 Å². The Labute approximate surface area is 159 Å². The summed E-state index contributed by atoms with van der Waals surface area (Å²) in [6.45, 7) is 3.61. The van der Waals surface area contributed by atoms with Crippen molar-refractivity contribution < 1.29 is 13.9 Å². The number of benzene rings is 2. The molecule has 2 aromatic carbocycles. The molecule has 0 radical (unpaired) electrons. The minimum Gasteiger partial charge on any atom is -0.342 e. The zero-order valence-corrected chi connectivity index (χ0v) is 15.6. The molecule has 3 rings (SSSR count). The number of ether oxygens (including phenoxy) is 2. The third kappa shape index (κ3) is 5.08. The molecule has 0 unspecified atom stereocenters. The largest absolute Gasteiger partial charge is 0.342 e. The summed E-state index contributed by atoms with van der Waals surface area (Å²) in [6.07, 6.45) is 3.08. The van der Waals surface area contributed by atoms with Gasteiger partial charge in [0.25, 0.3) is 0 Å². The van der Waals surface area contributed by atoms with Crippen molar-refractivity contribution in [2.45, 2.75) is 32.5 Å². The molecule has 4 heteroatoms. The SMILES string of the molecule is CCCC[C@H]1CO[C@H](C#Cc2ccc(-c3ccc(Cl)c(F)c3)cc2)OC1. The van der Waals surface area contributed by atoms with Gasteiger partial charge >= 0.3 is 0 Å². The maximum atomic E-state index is 13.6. The molecular formula is C22H22ClFO2. The molecule has 1 heterocycles. The van der Waals surface area contributed by atoms with Crippen LogP contribution in [-0.2, 0) is 9.47 Å². The number of unbranched alkanes of at least 4 members (excludes halogenated alkanes) is 1. The second-order valence-corrected chi connectivity index (χ2v) is 6.89. The van der Waals surface area contributed by atoms with E-state index in [4.69, 9.17) is 21.1 Å². The molecule has 0 aliphatic carbocycles. The monoisotopic (exact) mass is 372 g/mol. The first kappa shape index (κ1) is 18.9. The first-order valence-corrected chi connectivity index (χ1v) is 9.33. The van der Waals surface area contributed by atoms with Crippen LogP contribution in [0, 0.1) is 23.6 Å². The molecule has 1 aliphatic rings. The van der Waals surface area contributed by atoms with Gasteiger partial charge in [0.05, 0.1) is 18.2 Å². The topological polar surface area (TPSA) is 18.5 Å². The summed E-state index contributed by atoms with van der Waals surface area (Å²) in [6, 6.07) is 12.4. The lowest BCUT2D eigenvalue weighted by Gasteiger charge is -2.26. The fourth-order valence-corrected chi connectivity index (χ4v) is 2.97. The Morgan fingerprint density at radius 1 is 1.08 bits per heavy atom. The van der Waals surface area contributed by atoms with E-state index < -0.39 is 12.1 Å². The van der Waals surface area contributed by atoms with E-state index in [9.17, 15) is 4.39 Å². The van der Waals surface area contributed by atoms with Gasteiger partial charge in [-0.3, -0.25) is 0 Å². The summed E-state index contributed by atoms with van der Waals surface area (Å²) in [4.78, 5) is 0. The van der Waals surface area contributed by atoms with Gasteiger partial charge in [0, 0.05) is 11.5 Å². The highest BCUT2D eigenvalue weighted by Crippen LogP contribution is 2.24. The first-order chi connectivity index (χ1) is 12.7. The summed E-state index contributed by atoms with van der Waals surface area (Å²) in [7, 11) is 0. The highest BCUT2D eigenvalue weighted by molar-refractivity contribution is 6.30. The van der Waals surface area contributed by atoms with Gasteiger partial charge in [-0.25, -0.2) is 4.39 Å². The number of hydrogen-bond acceptors (Lipinski definition) is 2. The summed E-state index contributed by atoms with van der Waals surface area (Å²) in [5.41, 5.74) is 2.56. The molecule has 1 fully saturated rings. The molecule has 0 atom stereocenters. The molecule has 0 bridgehead atoms. The van der Waals surface area contributed by atoms with E-state index in [0.29, 0.717) is 19.1 Å². The number of halogens is 2. The van der Waals surface area contributed by atoms with Gasteiger partial charge in [0.2, 0.25) is 6.29 Å². The average Bonchev–Trinajstić information content (AvgIpc) is 2.68. The van der Waals surface area contributed by atoms with Gasteiger partial charge in [0.1, 0.15) is 5.82 Å². The Bertz CT molecular complexity index is 784. The van der Waals surface area contributed by atoms with Gasteiger partial charge in [-0.05, 0) is 47.7 Å². The van der Waals surface area contributed by atoms with Gasteiger partial charge < -0.3 is 9.47 Å². The maximum Gasteiger partial charge on any atom is 0.222 e. The van der Waals surface area contributed by atoms with Crippen LogP contribution < -0.4 is 0 Å². The predicted molar refractivity (Wildman–Crippen MR) is 102 cm³/mol. The van der Waals surface area contributed by atoms with Crippen LogP contribution in [0.4, 0.5) is 4.39 Å². The first-order valence-electron chi connectivity index (χ1n) is 8.96. The van der Waals surface area contributed by atoms with Crippen LogP contribution >= 0.6 is 11.6 Å². The lowest BCUT2D eigenvalue weighted by atomic mass is 10.0. The Morgan fingerprint density at radius 3 is 2.42 bits per heavy atom. The Balaban J connectivity index is 1.58. The third-order valence-electron chi connectivity index (χ3n) is 4.40. The maximum absolute atomic E-state index is 13.6. The van der Waals surface area contributed by atoms with Crippen LogP contribution in [0.5, 0.6) is 0 Å². The van der Waals surface area contributed by atoms with E-state index in [1.54, 1.807) is 12.1 Å². The summed E-state index contributed by atoms with van der Waals surface area (Å²) >= 11 is 5.73. The summed E-state index contributed by atoms with van der Waals surface area (Å²) < 4.78 is 24.9. The molecule has 0 spiro atoms. The third-order valence-corrected chi connectivity index (χ3v) is 4.71. The Kier molecular flexibility index (Phi) is 6.68. The van der Waals surface area contributed by atoms with Crippen molar-refractivity contribution in [2.75, 3.05) is 13.2 Å². The van der Waals surface area contributed by atoms with Crippen LogP contribution in [0.25, 0.3) is 11.1 Å². The van der Waals surface area contributed by atoms with Crippen molar-refractivity contribution in [1.82, 2.24) is 0 Å². The highest BCUT2D eigenvalue weighted by Gasteiger charge is 2.20. The van der Waals surface area contributed by atoms with Gasteiger partial charge in [-0.1, -0.05) is 55.5 Å². The molecular weight excluding hydrogens is 351 g/mol. The predicted octanol–water partition coefficient (Wildman–Crippen LogP) is 5.68. The van der Waals surface area contributed by atoms with E-state index in [0.717, 1.165) is 23.1 Å². The zero-order chi connectivity index (χ0) is 18.4. The molecule has 2 nitrogen and oxygen atoms in total. The Hall–Kier alpha value is -1.86. The van der Waals surface area contributed by atoms with Crippen molar-refractivity contribution in [3.63, 3.8) is 0 Å². The van der Waals surface area contributed by atoms with Crippen LogP contribution in [0.15, 0.2) is 42.5 Å². The normalized spacial score (nSPS) is 19.7. The van der Waals surface area contributed by atoms with Crippen molar-refractivity contribution in [2.24, 2.45) is 5.92 Å². The molecule has 136 valence electrons. The molecule has 0 N–H and O–H groups in total. The van der Waals surface area contributed by atoms with E-state index in [1.165, 1.54) is 18.9 Å². The van der Waals surface area contributed by atoms with Crippen molar-refractivity contribution >= 4 is 11.6 Å². The fourth-order valence-electron chi connectivity index (χ4n) is 2.85. The fraction of sp³-hybridized carbons (Fsp3) is 0.364. The molecule has 0 saturated carbocycles. The molecule has 0 amide bonds. The summed E-state index contributed by atoms with van der Waals surface area (Å²) in [5.74, 6) is 6.15. The zero-order valence-electron chi connectivity index (χ0n) is 14.8. The van der Waals surface area contributed by atoms with E-state index in [2.05, 4.69) is 18.8 Å². The molecule has 1 saturated heterocycles. The lowest BCUT2D eigenvalue weighted by Crippen LogP contribution is -2.31. The second kappa shape index (κ2) is 9.19. The average molecular weight is 373 g/mol. The van der Waals surface area contributed by atoms with Crippen molar-refractivity contribution in [3.05, 3.63) is 58.9 Å². The van der Waals surface area contributed by atoms with E-state index in [1.807, 2.05) is 24.3 Å². The van der Waals surface area contributed by atoms with Crippen LogP contribution in [0.3, 0.4) is 0 Å². The lowest BCUT2D eigenvalue weighted by molar-refractivity contribution is -0.170. The second-order valence-electron chi connectivity index (χ2n) is 6.48. The van der Waals surface area contributed by atoms with Gasteiger partial charge in [-0.2, -0.15) is 0 Å². The van der Waals surface area contributed by atoms with Crippen LogP contribution in [-0.4, -0.2) is 19.5 Å². The van der Waals surface area contributed by atoms with E-state index >= 15 is 0 Å². The highest BCUT2D eigenvalue weighted by atomic mass is 35.5. The Morgan fingerprint density at radius 2 is 1.77 bits per heavy atom. The molecule has 0 aromatic heterocycles. The molecule has 2 aromatic rings. The smallest absolute Gasteiger partial charge is 0.222 e. The summed E-state index contributed by atoms with van der Waals surface area (Å²) in [5, 5.41) is 0.126. The van der Waals surface area contributed by atoms with Crippen LogP contribution in [0.2, 0.25) is 5.02 Å². The quantitative estimate of drug-likeness (QED) is 0.643. The molecule has 26 heavy (non-hydrogen) atoms. The van der Waals surface area contributed by atoms with Gasteiger partial charge in [0.15, 0.2) is 0 Å². The minimum absolute atomic E-state index is 0.126. The van der Waals surface area contributed by atoms with Crippen LogP contribution in [0.1, 0.15) is 31.7 Å². The number of rotatable bonds is 4. The van der Waals surface area contributed by atoms with Gasteiger partial charge in [-0.15, -0.1) is 0 Å². The minimum atomic E-state index is -0.460. The van der Waals surface area contributed by atoms with Crippen molar-refractivity contribution in [3.8, 4) is 23.0 Å². The van der Waals surface area contributed by atoms with E-state index in [-0.39, 0.29) is 5.02 Å².